The van der Waals surface area contributed by atoms with E-state index in [4.69, 9.17) is 5.73 Å². The number of hydrogen-bond acceptors (Lipinski definition) is 3. The molecule has 0 radical (unpaired) electrons. The van der Waals surface area contributed by atoms with Crippen molar-refractivity contribution in [1.82, 2.24) is 10.2 Å². The smallest absolute Gasteiger partial charge is 0.245 e. The third kappa shape index (κ3) is 4.08. The van der Waals surface area contributed by atoms with Gasteiger partial charge in [-0.2, -0.15) is 0 Å². The van der Waals surface area contributed by atoms with Crippen molar-refractivity contribution in [3.05, 3.63) is 12.7 Å². The maximum Gasteiger partial charge on any atom is 0.245 e. The highest BCUT2D eigenvalue weighted by atomic mass is 16.2. The Morgan fingerprint density at radius 2 is 1.85 bits per heavy atom. The highest BCUT2D eigenvalue weighted by Crippen LogP contribution is 2.18. The van der Waals surface area contributed by atoms with Gasteiger partial charge in [0, 0.05) is 19.0 Å². The maximum absolute atomic E-state index is 12.1. The Labute approximate surface area is 119 Å². The van der Waals surface area contributed by atoms with Crippen molar-refractivity contribution in [2.45, 2.75) is 32.7 Å². The summed E-state index contributed by atoms with van der Waals surface area (Å²) in [6.45, 7) is 8.18. The van der Waals surface area contributed by atoms with Crippen LogP contribution in [0.2, 0.25) is 0 Å². The molecule has 1 aliphatic rings. The zero-order valence-corrected chi connectivity index (χ0v) is 12.1. The summed E-state index contributed by atoms with van der Waals surface area (Å²) in [6, 6.07) is -0.643. The average Bonchev–Trinajstić information content (AvgIpc) is 2.43. The van der Waals surface area contributed by atoms with Gasteiger partial charge in [-0.05, 0) is 24.8 Å². The minimum absolute atomic E-state index is 0.0427. The molecule has 0 saturated carbocycles. The zero-order valence-electron chi connectivity index (χ0n) is 12.1. The number of amides is 3. The summed E-state index contributed by atoms with van der Waals surface area (Å²) in [6.07, 6.45) is 2.46. The van der Waals surface area contributed by atoms with Gasteiger partial charge in [0.15, 0.2) is 0 Å². The van der Waals surface area contributed by atoms with E-state index in [2.05, 4.69) is 11.9 Å². The number of piperidine rings is 1. The summed E-state index contributed by atoms with van der Waals surface area (Å²) in [4.78, 5) is 36.5. The Bertz CT molecular complexity index is 398. The lowest BCUT2D eigenvalue weighted by atomic mass is 9.94. The van der Waals surface area contributed by atoms with Gasteiger partial charge in [-0.25, -0.2) is 0 Å². The van der Waals surface area contributed by atoms with E-state index in [1.165, 1.54) is 6.08 Å². The second-order valence-corrected chi connectivity index (χ2v) is 5.44. The SMILES string of the molecule is C=CC(=O)N1CCC(C(=O)N[C@H](C(N)=O)C(C)C)CC1. The molecule has 1 heterocycles. The fraction of sp³-hybridized carbons (Fsp3) is 0.643. The summed E-state index contributed by atoms with van der Waals surface area (Å²) in [5.41, 5.74) is 5.28. The maximum atomic E-state index is 12.1. The minimum atomic E-state index is -0.643. The van der Waals surface area contributed by atoms with Gasteiger partial charge in [-0.15, -0.1) is 0 Å². The summed E-state index contributed by atoms with van der Waals surface area (Å²) in [7, 11) is 0. The van der Waals surface area contributed by atoms with Crippen molar-refractivity contribution in [3.8, 4) is 0 Å². The zero-order chi connectivity index (χ0) is 15.3. The lowest BCUT2D eigenvalue weighted by Gasteiger charge is -2.31. The van der Waals surface area contributed by atoms with Crippen molar-refractivity contribution in [2.24, 2.45) is 17.6 Å². The Morgan fingerprint density at radius 3 is 2.25 bits per heavy atom. The molecule has 1 atom stereocenters. The normalized spacial score (nSPS) is 17.6. The number of nitrogens with two attached hydrogens (primary N) is 1. The largest absolute Gasteiger partial charge is 0.368 e. The van der Waals surface area contributed by atoms with Crippen LogP contribution in [0.5, 0.6) is 0 Å². The first kappa shape index (κ1) is 16.2. The second-order valence-electron chi connectivity index (χ2n) is 5.44. The van der Waals surface area contributed by atoms with Crippen LogP contribution in [0.1, 0.15) is 26.7 Å². The van der Waals surface area contributed by atoms with E-state index >= 15 is 0 Å². The van der Waals surface area contributed by atoms with Crippen LogP contribution < -0.4 is 11.1 Å². The lowest BCUT2D eigenvalue weighted by molar-refractivity contribution is -0.134. The van der Waals surface area contributed by atoms with Gasteiger partial charge in [-0.3, -0.25) is 14.4 Å². The number of hydrogen-bond donors (Lipinski definition) is 2. The number of carbonyl (C=O) groups excluding carboxylic acids is 3. The van der Waals surface area contributed by atoms with Gasteiger partial charge in [0.25, 0.3) is 0 Å². The average molecular weight is 281 g/mol. The topological polar surface area (TPSA) is 92.5 Å². The molecule has 0 spiro atoms. The highest BCUT2D eigenvalue weighted by molar-refractivity contribution is 5.89. The molecule has 0 unspecified atom stereocenters. The quantitative estimate of drug-likeness (QED) is 0.697. The van der Waals surface area contributed by atoms with Gasteiger partial charge in [0.1, 0.15) is 6.04 Å². The van der Waals surface area contributed by atoms with E-state index in [0.29, 0.717) is 25.9 Å². The van der Waals surface area contributed by atoms with E-state index < -0.39 is 11.9 Å². The monoisotopic (exact) mass is 281 g/mol. The van der Waals surface area contributed by atoms with Gasteiger partial charge < -0.3 is 16.0 Å². The molecular formula is C14H23N3O3. The molecule has 20 heavy (non-hydrogen) atoms. The van der Waals surface area contributed by atoms with Crippen LogP contribution in [0.3, 0.4) is 0 Å². The van der Waals surface area contributed by atoms with Crippen molar-refractivity contribution < 1.29 is 14.4 Å². The Hall–Kier alpha value is -1.85. The summed E-state index contributed by atoms with van der Waals surface area (Å²) in [5, 5.41) is 2.71. The third-order valence-electron chi connectivity index (χ3n) is 3.62. The van der Waals surface area contributed by atoms with Crippen LogP contribution in [0.15, 0.2) is 12.7 Å². The molecule has 1 rings (SSSR count). The lowest BCUT2D eigenvalue weighted by Crippen LogP contribution is -2.51. The van der Waals surface area contributed by atoms with E-state index in [0.717, 1.165) is 0 Å². The molecule has 6 heteroatoms. The number of primary amides is 1. The van der Waals surface area contributed by atoms with Gasteiger partial charge in [0.2, 0.25) is 17.7 Å². The number of likely N-dealkylation sites (tertiary alicyclic amines) is 1. The van der Waals surface area contributed by atoms with E-state index in [1.54, 1.807) is 4.90 Å². The van der Waals surface area contributed by atoms with Crippen molar-refractivity contribution >= 4 is 17.7 Å². The molecule has 1 saturated heterocycles. The molecule has 3 amide bonds. The number of nitrogens with zero attached hydrogens (tertiary/aromatic N) is 1. The Kier molecular flexibility index (Phi) is 5.73. The van der Waals surface area contributed by atoms with Crippen molar-refractivity contribution in [1.29, 1.82) is 0 Å². The summed E-state index contributed by atoms with van der Waals surface area (Å²) >= 11 is 0. The van der Waals surface area contributed by atoms with E-state index in [-0.39, 0.29) is 23.7 Å². The second kappa shape index (κ2) is 7.07. The standard InChI is InChI=1S/C14H23N3O3/c1-4-11(18)17-7-5-10(6-8-17)14(20)16-12(9(2)3)13(15)19/h4,9-10,12H,1,5-8H2,2-3H3,(H2,15,19)(H,16,20)/t12-/m0/s1. The molecule has 0 aromatic carbocycles. The van der Waals surface area contributed by atoms with Crippen LogP contribution in [0.25, 0.3) is 0 Å². The minimum Gasteiger partial charge on any atom is -0.368 e. The van der Waals surface area contributed by atoms with Crippen LogP contribution in [-0.2, 0) is 14.4 Å². The van der Waals surface area contributed by atoms with Gasteiger partial charge in [-0.1, -0.05) is 20.4 Å². The Balaban J connectivity index is 2.52. The number of nitrogens with one attached hydrogen (secondary N) is 1. The van der Waals surface area contributed by atoms with Crippen LogP contribution in [0.4, 0.5) is 0 Å². The number of carbonyl (C=O) groups is 3. The van der Waals surface area contributed by atoms with Gasteiger partial charge >= 0.3 is 0 Å². The molecule has 6 nitrogen and oxygen atoms in total. The molecule has 112 valence electrons. The highest BCUT2D eigenvalue weighted by Gasteiger charge is 2.29. The molecule has 1 aliphatic heterocycles. The third-order valence-corrected chi connectivity index (χ3v) is 3.62. The Morgan fingerprint density at radius 1 is 1.30 bits per heavy atom. The van der Waals surface area contributed by atoms with Crippen LogP contribution in [-0.4, -0.2) is 41.8 Å². The predicted molar refractivity (Wildman–Crippen MR) is 75.5 cm³/mol. The molecule has 0 aromatic rings. The predicted octanol–water partition coefficient (Wildman–Crippen LogP) is 0.0371. The fourth-order valence-electron chi connectivity index (χ4n) is 2.33. The molecule has 0 aliphatic carbocycles. The van der Waals surface area contributed by atoms with Crippen LogP contribution >= 0.6 is 0 Å². The first-order chi connectivity index (χ1) is 9.36. The molecule has 0 aromatic heterocycles. The molecule has 3 N–H and O–H groups in total. The first-order valence-electron chi connectivity index (χ1n) is 6.87. The molecular weight excluding hydrogens is 258 g/mol. The van der Waals surface area contributed by atoms with E-state index in [1.807, 2.05) is 13.8 Å². The molecule has 0 bridgehead atoms. The summed E-state index contributed by atoms with van der Waals surface area (Å²) in [5.74, 6) is -1.01. The number of rotatable bonds is 5. The van der Waals surface area contributed by atoms with Crippen molar-refractivity contribution in [2.75, 3.05) is 13.1 Å². The van der Waals surface area contributed by atoms with Crippen molar-refractivity contribution in [3.63, 3.8) is 0 Å². The van der Waals surface area contributed by atoms with E-state index in [9.17, 15) is 14.4 Å². The van der Waals surface area contributed by atoms with Gasteiger partial charge in [0.05, 0.1) is 0 Å². The fourth-order valence-corrected chi connectivity index (χ4v) is 2.33. The van der Waals surface area contributed by atoms with Crippen LogP contribution in [0, 0.1) is 11.8 Å². The summed E-state index contributed by atoms with van der Waals surface area (Å²) < 4.78 is 0. The molecule has 1 fully saturated rings. The first-order valence-corrected chi connectivity index (χ1v) is 6.87.